The Balaban J connectivity index is 1.86. The predicted octanol–water partition coefficient (Wildman–Crippen LogP) is 4.51. The van der Waals surface area contributed by atoms with Crippen LogP contribution in [0, 0.1) is 0 Å². The first-order valence-corrected chi connectivity index (χ1v) is 10.0. The molecule has 0 radical (unpaired) electrons. The summed E-state index contributed by atoms with van der Waals surface area (Å²) in [5.41, 5.74) is 3.28. The lowest BCUT2D eigenvalue weighted by Crippen LogP contribution is -2.01. The average molecular weight is 378 g/mol. The fourth-order valence-electron chi connectivity index (χ4n) is 4.17. The van der Waals surface area contributed by atoms with Gasteiger partial charge in [0, 0.05) is 43.2 Å². The molecular weight excluding hydrogens is 363 g/mol. The Hall–Kier alpha value is -3.31. The highest BCUT2D eigenvalue weighted by atomic mass is 32.1. The fraction of sp³-hybridized carbons (Fsp3) is 0. The molecule has 0 bridgehead atoms. The highest BCUT2D eigenvalue weighted by molar-refractivity contribution is 7.25. The summed E-state index contributed by atoms with van der Waals surface area (Å²) in [5.74, 6) is 1.17. The first-order valence-electron chi connectivity index (χ1n) is 9.21. The third-order valence-electron chi connectivity index (χ3n) is 5.39. The molecule has 0 saturated heterocycles. The smallest absolute Gasteiger partial charge is 0.146 e. The van der Waals surface area contributed by atoms with Gasteiger partial charge in [0.2, 0.25) is 0 Å². The molecule has 132 valence electrons. The molecule has 5 heteroatoms. The van der Waals surface area contributed by atoms with Gasteiger partial charge in [-0.1, -0.05) is 35.8 Å². The number of rotatable bonds is 1. The second-order valence-corrected chi connectivity index (χ2v) is 8.25. The summed E-state index contributed by atoms with van der Waals surface area (Å²) in [5, 5.41) is 14.9. The molecule has 3 nitrogen and oxygen atoms in total. The Kier molecular flexibility index (Phi) is 3.14. The van der Waals surface area contributed by atoms with E-state index in [1.807, 2.05) is 18.3 Å². The Morgan fingerprint density at radius 3 is 2.64 bits per heavy atom. The van der Waals surface area contributed by atoms with Crippen LogP contribution in [0.3, 0.4) is 0 Å². The van der Waals surface area contributed by atoms with Crippen molar-refractivity contribution in [1.29, 1.82) is 0 Å². The van der Waals surface area contributed by atoms with Gasteiger partial charge in [-0.3, -0.25) is 4.57 Å². The molecule has 0 fully saturated rings. The number of fused-ring (bicyclic) bond motifs is 6. The van der Waals surface area contributed by atoms with E-state index >= 15 is 0 Å². The topological polar surface area (TPSA) is 38.0 Å². The van der Waals surface area contributed by atoms with Crippen LogP contribution >= 0.6 is 11.3 Å². The van der Waals surface area contributed by atoms with Gasteiger partial charge in [-0.25, -0.2) is 4.98 Å². The van der Waals surface area contributed by atoms with E-state index in [0.29, 0.717) is 0 Å². The van der Waals surface area contributed by atoms with Crippen molar-refractivity contribution in [3.63, 3.8) is 0 Å². The first kappa shape index (κ1) is 15.7. The molecule has 0 aliphatic carbocycles. The molecule has 0 aliphatic heterocycles. The van der Waals surface area contributed by atoms with Crippen molar-refractivity contribution >= 4 is 66.6 Å². The molecular formula is C23H15BN2OS. The van der Waals surface area contributed by atoms with Crippen molar-refractivity contribution in [1.82, 2.24) is 9.55 Å². The highest BCUT2D eigenvalue weighted by Gasteiger charge is 2.18. The van der Waals surface area contributed by atoms with E-state index in [-0.39, 0.29) is 5.75 Å². The van der Waals surface area contributed by atoms with E-state index in [2.05, 4.69) is 60.9 Å². The van der Waals surface area contributed by atoms with Crippen LogP contribution in [0.2, 0.25) is 0 Å². The number of aromatic hydroxyl groups is 1. The van der Waals surface area contributed by atoms with Gasteiger partial charge < -0.3 is 5.11 Å². The van der Waals surface area contributed by atoms with E-state index in [1.165, 1.54) is 25.6 Å². The van der Waals surface area contributed by atoms with E-state index in [9.17, 15) is 5.11 Å². The van der Waals surface area contributed by atoms with E-state index in [4.69, 9.17) is 4.98 Å². The Labute approximate surface area is 165 Å². The number of benzene rings is 3. The van der Waals surface area contributed by atoms with Crippen molar-refractivity contribution in [3.8, 4) is 11.6 Å². The molecule has 0 saturated carbocycles. The molecule has 6 rings (SSSR count). The van der Waals surface area contributed by atoms with Gasteiger partial charge in [-0.05, 0) is 30.3 Å². The van der Waals surface area contributed by atoms with Crippen molar-refractivity contribution < 1.29 is 5.11 Å². The molecule has 1 N–H and O–H groups in total. The minimum absolute atomic E-state index is 0.260. The summed E-state index contributed by atoms with van der Waals surface area (Å²) in [7, 11) is 2.11. The van der Waals surface area contributed by atoms with E-state index in [0.717, 1.165) is 27.6 Å². The summed E-state index contributed by atoms with van der Waals surface area (Å²) in [6.07, 6.45) is 1.88. The average Bonchev–Trinajstić information content (AvgIpc) is 3.23. The number of thiophene rings is 1. The molecule has 0 spiro atoms. The lowest BCUT2D eigenvalue weighted by molar-refractivity contribution is 0.476. The maximum Gasteiger partial charge on any atom is 0.146 e. The van der Waals surface area contributed by atoms with Gasteiger partial charge >= 0.3 is 0 Å². The summed E-state index contributed by atoms with van der Waals surface area (Å²) < 4.78 is 4.66. The van der Waals surface area contributed by atoms with Crippen LogP contribution in [-0.4, -0.2) is 22.5 Å². The second kappa shape index (κ2) is 5.60. The van der Waals surface area contributed by atoms with Crippen LogP contribution in [0.15, 0.2) is 72.9 Å². The Morgan fingerprint density at radius 2 is 1.71 bits per heavy atom. The summed E-state index contributed by atoms with van der Waals surface area (Å²) in [4.78, 5) is 4.81. The molecule has 0 amide bonds. The number of hydrogen-bond acceptors (Lipinski definition) is 3. The fourth-order valence-corrected chi connectivity index (χ4v) is 5.27. The molecule has 0 atom stereocenters. The van der Waals surface area contributed by atoms with Crippen LogP contribution in [0.4, 0.5) is 0 Å². The first-order chi connectivity index (χ1) is 13.7. The van der Waals surface area contributed by atoms with Crippen molar-refractivity contribution in [2.45, 2.75) is 0 Å². The number of aromatic nitrogens is 2. The van der Waals surface area contributed by atoms with Crippen LogP contribution in [0.5, 0.6) is 5.75 Å². The van der Waals surface area contributed by atoms with E-state index < -0.39 is 0 Å². The standard InChI is InChI=1S/C23H15BN2OS/c24-13-5-8-18-17(11-13)15-7-6-14(27)12-19(15)26(18)23-22-16-3-1-2-4-20(16)28-21(22)9-10-25-23/h1-12,27H,24H2. The lowest BCUT2D eigenvalue weighted by atomic mass is 9.94. The minimum atomic E-state index is 0.260. The Morgan fingerprint density at radius 1 is 0.821 bits per heavy atom. The molecule has 3 aromatic carbocycles. The predicted molar refractivity (Wildman–Crippen MR) is 121 cm³/mol. The monoisotopic (exact) mass is 378 g/mol. The number of phenolic OH excluding ortho intramolecular Hbond substituents is 1. The number of hydrogen-bond donors (Lipinski definition) is 1. The summed E-state index contributed by atoms with van der Waals surface area (Å²) >= 11 is 1.79. The molecule has 0 unspecified atom stereocenters. The summed E-state index contributed by atoms with van der Waals surface area (Å²) in [6, 6.07) is 22.6. The van der Waals surface area contributed by atoms with Crippen LogP contribution in [0.1, 0.15) is 0 Å². The zero-order chi connectivity index (χ0) is 18.8. The van der Waals surface area contributed by atoms with Crippen LogP contribution in [-0.2, 0) is 0 Å². The molecule has 0 aliphatic rings. The normalized spacial score (nSPS) is 11.9. The largest absolute Gasteiger partial charge is 0.508 e. The van der Waals surface area contributed by atoms with Crippen molar-refractivity contribution in [2.24, 2.45) is 0 Å². The maximum absolute atomic E-state index is 10.2. The van der Waals surface area contributed by atoms with Gasteiger partial charge in [-0.15, -0.1) is 11.3 Å². The molecule has 28 heavy (non-hydrogen) atoms. The molecule has 3 aromatic heterocycles. The lowest BCUT2D eigenvalue weighted by Gasteiger charge is -2.09. The zero-order valence-electron chi connectivity index (χ0n) is 15.2. The van der Waals surface area contributed by atoms with Gasteiger partial charge in [0.1, 0.15) is 19.4 Å². The SMILES string of the molecule is Bc1ccc2c(c1)c1ccc(O)cc1n2-c1nccc2sc3ccccc3c12. The van der Waals surface area contributed by atoms with Crippen molar-refractivity contribution in [3.05, 3.63) is 72.9 Å². The van der Waals surface area contributed by atoms with Crippen LogP contribution in [0.25, 0.3) is 47.8 Å². The van der Waals surface area contributed by atoms with Gasteiger partial charge in [-0.2, -0.15) is 0 Å². The van der Waals surface area contributed by atoms with Gasteiger partial charge in [0.05, 0.1) is 11.0 Å². The highest BCUT2D eigenvalue weighted by Crippen LogP contribution is 2.40. The van der Waals surface area contributed by atoms with Gasteiger partial charge in [0.25, 0.3) is 0 Å². The summed E-state index contributed by atoms with van der Waals surface area (Å²) in [6.45, 7) is 0. The van der Waals surface area contributed by atoms with Crippen LogP contribution < -0.4 is 5.46 Å². The molecule has 3 heterocycles. The Bertz CT molecular complexity index is 1550. The number of pyridine rings is 1. The third-order valence-corrected chi connectivity index (χ3v) is 6.52. The van der Waals surface area contributed by atoms with E-state index in [1.54, 1.807) is 17.4 Å². The second-order valence-electron chi connectivity index (χ2n) is 7.16. The number of nitrogens with zero attached hydrogens (tertiary/aromatic N) is 2. The quantitative estimate of drug-likeness (QED) is 0.428. The number of phenols is 1. The van der Waals surface area contributed by atoms with Crippen molar-refractivity contribution in [2.75, 3.05) is 0 Å². The van der Waals surface area contributed by atoms with Gasteiger partial charge in [0.15, 0.2) is 0 Å². The zero-order valence-corrected chi connectivity index (χ0v) is 16.0. The molecule has 6 aromatic rings. The third kappa shape index (κ3) is 2.08. The maximum atomic E-state index is 10.2. The minimum Gasteiger partial charge on any atom is -0.508 e.